The molecule has 2 rings (SSSR count). The normalized spacial score (nSPS) is 19.5. The third-order valence-electron chi connectivity index (χ3n) is 5.73. The van der Waals surface area contributed by atoms with E-state index in [9.17, 15) is 0 Å². The minimum atomic E-state index is 0.463. The number of nitrogens with zero attached hydrogens (tertiary/aromatic N) is 1. The molecular weight excluding hydrogens is 256 g/mol. The number of nitrogens with one attached hydrogen (secondary N) is 1. The van der Waals surface area contributed by atoms with Crippen LogP contribution < -0.4 is 10.2 Å². The average molecular weight is 288 g/mol. The molecule has 1 heterocycles. The van der Waals surface area contributed by atoms with E-state index in [1.54, 1.807) is 0 Å². The van der Waals surface area contributed by atoms with Crippen LogP contribution in [0.4, 0.5) is 5.69 Å². The lowest BCUT2D eigenvalue weighted by molar-refractivity contribution is 0.199. The molecule has 0 spiro atoms. The van der Waals surface area contributed by atoms with E-state index in [2.05, 4.69) is 62.3 Å². The molecule has 0 saturated carbocycles. The molecule has 0 amide bonds. The molecule has 1 atom stereocenters. The minimum absolute atomic E-state index is 0.463. The molecule has 1 N–H and O–H groups in total. The molecule has 21 heavy (non-hydrogen) atoms. The highest BCUT2D eigenvalue weighted by molar-refractivity contribution is 5.55. The second-order valence-corrected chi connectivity index (χ2v) is 6.50. The third kappa shape index (κ3) is 3.42. The molecular formula is C19H32N2. The van der Waals surface area contributed by atoms with Crippen molar-refractivity contribution in [2.75, 3.05) is 25.0 Å². The Morgan fingerprint density at radius 2 is 1.71 bits per heavy atom. The number of anilines is 1. The topological polar surface area (TPSA) is 15.3 Å². The number of hydrogen-bond donors (Lipinski definition) is 1. The van der Waals surface area contributed by atoms with Crippen molar-refractivity contribution < 1.29 is 0 Å². The number of para-hydroxylation sites is 1. The number of benzene rings is 1. The molecule has 0 aromatic heterocycles. The lowest BCUT2D eigenvalue weighted by Gasteiger charge is -2.43. The van der Waals surface area contributed by atoms with Crippen molar-refractivity contribution in [3.63, 3.8) is 0 Å². The molecule has 1 unspecified atom stereocenters. The summed E-state index contributed by atoms with van der Waals surface area (Å²) in [6.45, 7) is 9.40. The fourth-order valence-corrected chi connectivity index (χ4v) is 3.83. The Morgan fingerprint density at radius 1 is 1.10 bits per heavy atom. The van der Waals surface area contributed by atoms with Gasteiger partial charge in [0, 0.05) is 24.8 Å². The summed E-state index contributed by atoms with van der Waals surface area (Å²) in [5.41, 5.74) is 3.50. The fourth-order valence-electron chi connectivity index (χ4n) is 3.83. The largest absolute Gasteiger partial charge is 0.371 e. The van der Waals surface area contributed by atoms with Gasteiger partial charge < -0.3 is 10.2 Å². The highest BCUT2D eigenvalue weighted by Crippen LogP contribution is 2.40. The molecule has 0 bridgehead atoms. The van der Waals surface area contributed by atoms with Crippen LogP contribution in [0.25, 0.3) is 0 Å². The zero-order chi connectivity index (χ0) is 15.3. The summed E-state index contributed by atoms with van der Waals surface area (Å²) in [5.74, 6) is 0. The second-order valence-electron chi connectivity index (χ2n) is 6.50. The Kier molecular flexibility index (Phi) is 5.69. The quantitative estimate of drug-likeness (QED) is 0.811. The van der Waals surface area contributed by atoms with Gasteiger partial charge in [0.25, 0.3) is 0 Å². The van der Waals surface area contributed by atoms with E-state index >= 15 is 0 Å². The van der Waals surface area contributed by atoms with Gasteiger partial charge in [-0.3, -0.25) is 0 Å². The maximum atomic E-state index is 3.46. The summed E-state index contributed by atoms with van der Waals surface area (Å²) in [4.78, 5) is 2.61. The van der Waals surface area contributed by atoms with E-state index in [0.717, 1.165) is 6.42 Å². The van der Waals surface area contributed by atoms with Crippen LogP contribution in [0.15, 0.2) is 24.3 Å². The van der Waals surface area contributed by atoms with Crippen LogP contribution >= 0.6 is 0 Å². The van der Waals surface area contributed by atoms with E-state index in [-0.39, 0.29) is 0 Å². The van der Waals surface area contributed by atoms with Crippen molar-refractivity contribution in [2.45, 2.75) is 58.9 Å². The van der Waals surface area contributed by atoms with Crippen molar-refractivity contribution >= 4 is 5.69 Å². The highest BCUT2D eigenvalue weighted by atomic mass is 15.1. The molecule has 2 heteroatoms. The van der Waals surface area contributed by atoms with Gasteiger partial charge in [-0.1, -0.05) is 51.8 Å². The molecule has 118 valence electrons. The number of hydrogen-bond acceptors (Lipinski definition) is 2. The lowest BCUT2D eigenvalue weighted by Crippen LogP contribution is -2.40. The predicted octanol–water partition coefficient (Wildman–Crippen LogP) is 4.76. The Labute approximate surface area is 130 Å². The molecule has 1 aromatic carbocycles. The van der Waals surface area contributed by atoms with Gasteiger partial charge in [-0.25, -0.2) is 0 Å². The molecule has 1 saturated heterocycles. The first-order valence-electron chi connectivity index (χ1n) is 8.70. The van der Waals surface area contributed by atoms with Gasteiger partial charge in [0.05, 0.1) is 0 Å². The van der Waals surface area contributed by atoms with Crippen molar-refractivity contribution in [1.29, 1.82) is 0 Å². The summed E-state index contributed by atoms with van der Waals surface area (Å²) in [7, 11) is 2.07. The third-order valence-corrected chi connectivity index (χ3v) is 5.73. The van der Waals surface area contributed by atoms with Gasteiger partial charge in [-0.15, -0.1) is 0 Å². The summed E-state index contributed by atoms with van der Waals surface area (Å²) < 4.78 is 0. The first kappa shape index (κ1) is 16.4. The number of rotatable bonds is 6. The maximum Gasteiger partial charge on any atom is 0.0414 e. The molecule has 1 aliphatic rings. The minimum Gasteiger partial charge on any atom is -0.371 e. The van der Waals surface area contributed by atoms with E-state index < -0.39 is 0 Å². The predicted molar refractivity (Wildman–Crippen MR) is 93.0 cm³/mol. The summed E-state index contributed by atoms with van der Waals surface area (Å²) in [6.07, 6.45) is 6.46. The van der Waals surface area contributed by atoms with Crippen LogP contribution in [0.2, 0.25) is 0 Å². The summed E-state index contributed by atoms with van der Waals surface area (Å²) in [5, 5.41) is 3.46. The van der Waals surface area contributed by atoms with Crippen LogP contribution in [0.3, 0.4) is 0 Å². The molecule has 1 aliphatic heterocycles. The first-order valence-corrected chi connectivity index (χ1v) is 8.70. The standard InChI is InChI=1S/C19H32N2/c1-5-17(20-4)16-10-8-9-11-18(16)21-14-12-19(6-2,7-3)13-15-21/h8-11,17,20H,5-7,12-15H2,1-4H3. The van der Waals surface area contributed by atoms with E-state index in [4.69, 9.17) is 0 Å². The lowest BCUT2D eigenvalue weighted by atomic mass is 9.74. The van der Waals surface area contributed by atoms with Crippen LogP contribution in [0.1, 0.15) is 64.5 Å². The van der Waals surface area contributed by atoms with Crippen LogP contribution in [0, 0.1) is 5.41 Å². The monoisotopic (exact) mass is 288 g/mol. The average Bonchev–Trinajstić information content (AvgIpc) is 2.57. The van der Waals surface area contributed by atoms with Gasteiger partial charge >= 0.3 is 0 Å². The second kappa shape index (κ2) is 7.31. The van der Waals surface area contributed by atoms with Gasteiger partial charge in [0.2, 0.25) is 0 Å². The zero-order valence-electron chi connectivity index (χ0n) is 14.3. The summed E-state index contributed by atoms with van der Waals surface area (Å²) in [6, 6.07) is 9.42. The molecule has 1 fully saturated rings. The van der Waals surface area contributed by atoms with Gasteiger partial charge in [-0.2, -0.15) is 0 Å². The first-order chi connectivity index (χ1) is 10.2. The smallest absolute Gasteiger partial charge is 0.0414 e. The Hall–Kier alpha value is -1.02. The zero-order valence-corrected chi connectivity index (χ0v) is 14.3. The van der Waals surface area contributed by atoms with Gasteiger partial charge in [0.1, 0.15) is 0 Å². The van der Waals surface area contributed by atoms with Crippen molar-refractivity contribution in [3.05, 3.63) is 29.8 Å². The summed E-state index contributed by atoms with van der Waals surface area (Å²) >= 11 is 0. The highest BCUT2D eigenvalue weighted by Gasteiger charge is 2.32. The van der Waals surface area contributed by atoms with Crippen LogP contribution in [0.5, 0.6) is 0 Å². The Balaban J connectivity index is 2.17. The van der Waals surface area contributed by atoms with E-state index in [1.807, 2.05) is 0 Å². The van der Waals surface area contributed by atoms with Crippen molar-refractivity contribution in [2.24, 2.45) is 5.41 Å². The van der Waals surface area contributed by atoms with Gasteiger partial charge in [-0.05, 0) is 43.4 Å². The molecule has 2 nitrogen and oxygen atoms in total. The Bertz CT molecular complexity index is 423. The molecule has 0 radical (unpaired) electrons. The Morgan fingerprint density at radius 3 is 2.24 bits per heavy atom. The molecule has 1 aromatic rings. The van der Waals surface area contributed by atoms with E-state index in [1.165, 1.54) is 50.0 Å². The van der Waals surface area contributed by atoms with Crippen LogP contribution in [-0.4, -0.2) is 20.1 Å². The SMILES string of the molecule is CCC(NC)c1ccccc1N1CCC(CC)(CC)CC1. The fraction of sp³-hybridized carbons (Fsp3) is 0.684. The van der Waals surface area contributed by atoms with Crippen LogP contribution in [-0.2, 0) is 0 Å². The van der Waals surface area contributed by atoms with Gasteiger partial charge in [0.15, 0.2) is 0 Å². The van der Waals surface area contributed by atoms with Crippen molar-refractivity contribution in [3.8, 4) is 0 Å². The molecule has 0 aliphatic carbocycles. The maximum absolute atomic E-state index is 3.46. The van der Waals surface area contributed by atoms with Crippen molar-refractivity contribution in [1.82, 2.24) is 5.32 Å². The number of piperidine rings is 1. The van der Waals surface area contributed by atoms with E-state index in [0.29, 0.717) is 11.5 Å².